The average Bonchev–Trinajstić information content (AvgIpc) is 3.74. The number of Topliss-reactive ketones (excluding diaryl/α,β-unsaturated/α-hetero) is 2. The van der Waals surface area contributed by atoms with Crippen molar-refractivity contribution in [1.29, 1.82) is 0 Å². The van der Waals surface area contributed by atoms with E-state index in [1.54, 1.807) is 30.8 Å². The molecule has 0 aliphatic carbocycles. The number of ketones is 2. The molecule has 1 aliphatic rings. The van der Waals surface area contributed by atoms with E-state index in [-0.39, 0.29) is 73.4 Å². The minimum atomic E-state index is -1.04. The van der Waals surface area contributed by atoms with Crippen LogP contribution in [0.4, 0.5) is 4.79 Å². The highest BCUT2D eigenvalue weighted by Crippen LogP contribution is 2.32. The highest BCUT2D eigenvalue weighted by molar-refractivity contribution is 5.92. The molecule has 0 bridgehead atoms. The third-order valence-corrected chi connectivity index (χ3v) is 13.2. The molecule has 2 aromatic rings. The summed E-state index contributed by atoms with van der Waals surface area (Å²) in [5, 5.41) is 9.99. The Kier molecular flexibility index (Phi) is 20.9. The number of carbonyl (C=O) groups excluding carboxylic acids is 5. The first-order chi connectivity index (χ1) is 29.8. The zero-order valence-electron chi connectivity index (χ0n) is 39.9. The van der Waals surface area contributed by atoms with Crippen molar-refractivity contribution in [3.63, 3.8) is 0 Å². The van der Waals surface area contributed by atoms with E-state index in [1.165, 1.54) is 19.1 Å². The fourth-order valence-electron chi connectivity index (χ4n) is 9.20. The number of likely N-dealkylation sites (N-methyl/N-ethyl adjacent to an activating group) is 2. The van der Waals surface area contributed by atoms with Crippen LogP contribution in [-0.4, -0.2) is 120 Å². The number of hydrogen-bond donors (Lipinski definition) is 1. The topological polar surface area (TPSA) is 160 Å². The van der Waals surface area contributed by atoms with Crippen LogP contribution in [0.2, 0.25) is 0 Å². The normalized spacial score (nSPS) is 17.9. The number of carboxylic acid groups (broad SMARTS) is 1. The Labute approximate surface area is 376 Å². The fourth-order valence-corrected chi connectivity index (χ4v) is 9.20. The van der Waals surface area contributed by atoms with Gasteiger partial charge in [0.1, 0.15) is 12.4 Å². The van der Waals surface area contributed by atoms with Crippen molar-refractivity contribution >= 4 is 35.4 Å². The Morgan fingerprint density at radius 1 is 0.794 bits per heavy atom. The average molecular weight is 878 g/mol. The third-order valence-electron chi connectivity index (χ3n) is 13.2. The molecule has 2 aromatic carbocycles. The van der Waals surface area contributed by atoms with Crippen LogP contribution in [0.3, 0.4) is 0 Å². The summed E-state index contributed by atoms with van der Waals surface area (Å²) in [6.07, 6.45) is -0.0326. The molecule has 1 fully saturated rings. The van der Waals surface area contributed by atoms with E-state index >= 15 is 0 Å². The summed E-state index contributed by atoms with van der Waals surface area (Å²) in [7, 11) is 6.31. The lowest BCUT2D eigenvalue weighted by Crippen LogP contribution is -2.54. The maximum absolute atomic E-state index is 14.6. The van der Waals surface area contributed by atoms with Gasteiger partial charge in [-0.3, -0.25) is 24.0 Å². The Morgan fingerprint density at radius 2 is 1.43 bits per heavy atom. The molecule has 1 heterocycles. The van der Waals surface area contributed by atoms with E-state index in [2.05, 4.69) is 0 Å². The van der Waals surface area contributed by atoms with Crippen LogP contribution in [0, 0.1) is 42.4 Å². The maximum Gasteiger partial charge on any atom is 0.410 e. The molecule has 1 N–H and O–H groups in total. The third kappa shape index (κ3) is 14.4. The second kappa shape index (κ2) is 25.0. The molecular weight excluding hydrogens is 803 g/mol. The zero-order valence-corrected chi connectivity index (χ0v) is 39.9. The van der Waals surface area contributed by atoms with Gasteiger partial charge in [-0.2, -0.15) is 0 Å². The van der Waals surface area contributed by atoms with Gasteiger partial charge in [-0.15, -0.1) is 0 Å². The van der Waals surface area contributed by atoms with E-state index in [9.17, 15) is 33.9 Å². The van der Waals surface area contributed by atoms with E-state index in [0.29, 0.717) is 25.8 Å². The van der Waals surface area contributed by atoms with Gasteiger partial charge in [0.25, 0.3) is 0 Å². The van der Waals surface area contributed by atoms with Gasteiger partial charge >= 0.3 is 12.1 Å². The van der Waals surface area contributed by atoms with E-state index in [0.717, 1.165) is 16.7 Å². The number of nitrogens with zero attached hydrogens (tertiary/aromatic N) is 3. The maximum atomic E-state index is 14.6. The van der Waals surface area contributed by atoms with Crippen molar-refractivity contribution in [1.82, 2.24) is 14.7 Å². The van der Waals surface area contributed by atoms with Gasteiger partial charge in [0.05, 0.1) is 42.7 Å². The van der Waals surface area contributed by atoms with Crippen molar-refractivity contribution in [2.45, 2.75) is 137 Å². The molecule has 1 unspecified atom stereocenters. The number of aliphatic carboxylic acids is 1. The van der Waals surface area contributed by atoms with E-state index in [1.807, 2.05) is 103 Å². The summed E-state index contributed by atoms with van der Waals surface area (Å²) >= 11 is 0. The smallest absolute Gasteiger partial charge is 0.410 e. The number of hydrogen-bond acceptors (Lipinski definition) is 9. The zero-order chi connectivity index (χ0) is 47.1. The van der Waals surface area contributed by atoms with Gasteiger partial charge in [0, 0.05) is 59.5 Å². The number of carboxylic acids is 1. The fraction of sp³-hybridized carbons (Fsp3) is 0.640. The Morgan fingerprint density at radius 3 is 1.97 bits per heavy atom. The molecular formula is C50H75N3O10. The van der Waals surface area contributed by atoms with Crippen LogP contribution in [0.15, 0.2) is 54.6 Å². The number of methoxy groups -OCH3 is 2. The van der Waals surface area contributed by atoms with Gasteiger partial charge < -0.3 is 34.0 Å². The summed E-state index contributed by atoms with van der Waals surface area (Å²) in [6, 6.07) is 15.1. The number of amides is 3. The molecule has 13 nitrogen and oxygen atoms in total. The summed E-state index contributed by atoms with van der Waals surface area (Å²) in [4.78, 5) is 86.9. The van der Waals surface area contributed by atoms with E-state index < -0.39 is 60.1 Å². The summed E-state index contributed by atoms with van der Waals surface area (Å²) in [6.45, 7) is 15.8. The molecule has 1 saturated heterocycles. The number of benzene rings is 2. The molecule has 0 aromatic heterocycles. The molecule has 3 amide bonds. The number of rotatable bonds is 25. The van der Waals surface area contributed by atoms with Crippen molar-refractivity contribution < 1.29 is 48.1 Å². The van der Waals surface area contributed by atoms with Crippen molar-refractivity contribution in [3.8, 4) is 0 Å². The number of aryl methyl sites for hydroxylation is 1. The summed E-state index contributed by atoms with van der Waals surface area (Å²) in [5.74, 6) is -4.80. The minimum Gasteiger partial charge on any atom is -0.481 e. The lowest BCUT2D eigenvalue weighted by molar-refractivity contribution is -0.149. The standard InChI is InChI=1S/C50H75N3O10/c1-13-34(7)46(51(9)48(57)39(31(2)3)28-42(55)45(32(4)5)52(10)50(60)63-30-37-23-21-33(6)22-24-37)43(61-11)29-44(56)53-25-17-20-40(53)47(62-12)35(8)41(54)27-38(49(58)59)26-36-18-15-14-16-19-36/h14-16,18-19,21-24,31-32,34-35,38-40,43,45-47H,13,17,20,25-30H2,1-12H3,(H,58,59)/t34-,35-,38+,39-,40-,43+,45-,46?,47+/m0/s1. The first-order valence-electron chi connectivity index (χ1n) is 22.7. The largest absolute Gasteiger partial charge is 0.481 e. The SMILES string of the molecule is CC[C@H](C)C([C@@H](CC(=O)N1CCC[C@H]1[C@H](OC)[C@@H](C)C(=O)C[C@@H](Cc1ccccc1)C(=O)O)OC)N(C)C(=O)[C@@H](CC(=O)[C@H](C(C)C)N(C)C(=O)OCc1ccc(C)cc1)C(C)C. The molecule has 9 atom stereocenters. The van der Waals surface area contributed by atoms with Crippen LogP contribution in [0.5, 0.6) is 0 Å². The van der Waals surface area contributed by atoms with Gasteiger partial charge in [-0.25, -0.2) is 4.79 Å². The monoisotopic (exact) mass is 878 g/mol. The molecule has 0 saturated carbocycles. The highest BCUT2D eigenvalue weighted by Gasteiger charge is 2.44. The Hall–Kier alpha value is -4.62. The predicted molar refractivity (Wildman–Crippen MR) is 243 cm³/mol. The van der Waals surface area contributed by atoms with Crippen LogP contribution in [0.25, 0.3) is 0 Å². The van der Waals surface area contributed by atoms with Crippen LogP contribution in [0.1, 0.15) is 104 Å². The number of ether oxygens (including phenoxy) is 3. The Balaban J connectivity index is 1.76. The molecule has 0 spiro atoms. The van der Waals surface area contributed by atoms with Gasteiger partial charge in [-0.05, 0) is 55.1 Å². The van der Waals surface area contributed by atoms with Crippen LogP contribution < -0.4 is 0 Å². The quantitative estimate of drug-likeness (QED) is 0.105. The van der Waals surface area contributed by atoms with Crippen molar-refractivity contribution in [3.05, 3.63) is 71.3 Å². The van der Waals surface area contributed by atoms with Gasteiger partial charge in [0.15, 0.2) is 5.78 Å². The second-order valence-electron chi connectivity index (χ2n) is 18.3. The number of likely N-dealkylation sites (tertiary alicyclic amines) is 1. The number of carbonyl (C=O) groups is 6. The molecule has 1 aliphatic heterocycles. The first kappa shape index (κ1) is 52.7. The summed E-state index contributed by atoms with van der Waals surface area (Å²) < 4.78 is 17.6. The molecule has 350 valence electrons. The molecule has 0 radical (unpaired) electrons. The van der Waals surface area contributed by atoms with Gasteiger partial charge in [0.2, 0.25) is 11.8 Å². The lowest BCUT2D eigenvalue weighted by atomic mass is 9.83. The Bertz CT molecular complexity index is 1800. The van der Waals surface area contributed by atoms with Crippen molar-refractivity contribution in [2.75, 3.05) is 34.9 Å². The van der Waals surface area contributed by atoms with Crippen molar-refractivity contribution in [2.24, 2.45) is 35.5 Å². The molecule has 63 heavy (non-hydrogen) atoms. The van der Waals surface area contributed by atoms with E-state index in [4.69, 9.17) is 14.2 Å². The predicted octanol–water partition coefficient (Wildman–Crippen LogP) is 7.64. The highest BCUT2D eigenvalue weighted by atomic mass is 16.6. The second-order valence-corrected chi connectivity index (χ2v) is 18.3. The molecule has 3 rings (SSSR count). The summed E-state index contributed by atoms with van der Waals surface area (Å²) in [5.41, 5.74) is 2.76. The van der Waals surface area contributed by atoms with Crippen LogP contribution >= 0.6 is 0 Å². The van der Waals surface area contributed by atoms with Crippen LogP contribution in [-0.2, 0) is 51.2 Å². The first-order valence-corrected chi connectivity index (χ1v) is 22.7. The van der Waals surface area contributed by atoms with Gasteiger partial charge in [-0.1, -0.05) is 115 Å². The lowest BCUT2D eigenvalue weighted by Gasteiger charge is -2.41. The molecule has 13 heteroatoms. The minimum absolute atomic E-state index is 0.0350.